The average molecular weight is 489 g/mol. The SMILES string of the molecule is C=CC(=O)C1CCN(Cc2cc3nc(-c4cccc5[nH]ncc45)nc(N4CCOCC4)c3s2)CC1. The van der Waals surface area contributed by atoms with E-state index in [1.54, 1.807) is 11.3 Å². The number of anilines is 1. The van der Waals surface area contributed by atoms with E-state index in [-0.39, 0.29) is 11.7 Å². The minimum atomic E-state index is 0.123. The highest BCUT2D eigenvalue weighted by atomic mass is 32.1. The molecule has 5 heterocycles. The molecule has 8 nitrogen and oxygen atoms in total. The second-order valence-corrected chi connectivity index (χ2v) is 10.3. The summed E-state index contributed by atoms with van der Waals surface area (Å²) in [5.74, 6) is 2.01. The van der Waals surface area contributed by atoms with Gasteiger partial charge in [0.1, 0.15) is 0 Å². The predicted molar refractivity (Wildman–Crippen MR) is 139 cm³/mol. The Kier molecular flexibility index (Phi) is 6.05. The molecular weight excluding hydrogens is 460 g/mol. The fraction of sp³-hybridized carbons (Fsp3) is 0.385. The molecule has 0 spiro atoms. The molecular formula is C26H28N6O2S. The predicted octanol–water partition coefficient (Wildman–Crippen LogP) is 4.04. The molecule has 0 amide bonds. The first-order valence-electron chi connectivity index (χ1n) is 12.1. The summed E-state index contributed by atoms with van der Waals surface area (Å²) in [6.45, 7) is 9.40. The lowest BCUT2D eigenvalue weighted by atomic mass is 9.92. The van der Waals surface area contributed by atoms with Crippen LogP contribution < -0.4 is 4.90 Å². The highest BCUT2D eigenvalue weighted by Gasteiger charge is 2.25. The van der Waals surface area contributed by atoms with Crippen molar-refractivity contribution in [2.45, 2.75) is 19.4 Å². The molecule has 0 aliphatic carbocycles. The number of aromatic nitrogens is 4. The summed E-state index contributed by atoms with van der Waals surface area (Å²) in [7, 11) is 0. The average Bonchev–Trinajstić information content (AvgIpc) is 3.55. The largest absolute Gasteiger partial charge is 0.378 e. The molecule has 9 heteroatoms. The van der Waals surface area contributed by atoms with Gasteiger partial charge in [-0.15, -0.1) is 11.3 Å². The molecule has 0 radical (unpaired) electrons. The molecule has 0 unspecified atom stereocenters. The fourth-order valence-electron chi connectivity index (χ4n) is 5.08. The van der Waals surface area contributed by atoms with Crippen LogP contribution in [0.4, 0.5) is 5.82 Å². The number of rotatable bonds is 6. The Balaban J connectivity index is 1.35. The van der Waals surface area contributed by atoms with Crippen LogP contribution in [0.15, 0.2) is 43.1 Å². The summed E-state index contributed by atoms with van der Waals surface area (Å²) in [5, 5.41) is 8.28. The number of likely N-dealkylation sites (tertiary alicyclic amines) is 1. The zero-order valence-corrected chi connectivity index (χ0v) is 20.4. The minimum Gasteiger partial charge on any atom is -0.378 e. The zero-order chi connectivity index (χ0) is 23.8. The number of thiophene rings is 1. The maximum Gasteiger partial charge on any atom is 0.162 e. The Morgan fingerprint density at radius 2 is 2.03 bits per heavy atom. The number of nitrogens with one attached hydrogen (secondary N) is 1. The Morgan fingerprint density at radius 1 is 1.20 bits per heavy atom. The van der Waals surface area contributed by atoms with Crippen LogP contribution >= 0.6 is 11.3 Å². The third kappa shape index (κ3) is 4.35. The van der Waals surface area contributed by atoms with Gasteiger partial charge in [0.15, 0.2) is 17.4 Å². The van der Waals surface area contributed by atoms with Crippen LogP contribution in [0.5, 0.6) is 0 Å². The normalized spacial score (nSPS) is 17.9. The second-order valence-electron chi connectivity index (χ2n) is 9.19. The van der Waals surface area contributed by atoms with Gasteiger partial charge in [-0.25, -0.2) is 9.97 Å². The second kappa shape index (κ2) is 9.49. The molecule has 6 rings (SSSR count). The van der Waals surface area contributed by atoms with Crippen molar-refractivity contribution in [2.24, 2.45) is 5.92 Å². The molecule has 35 heavy (non-hydrogen) atoms. The molecule has 0 atom stereocenters. The van der Waals surface area contributed by atoms with Crippen LogP contribution in [0.1, 0.15) is 17.7 Å². The summed E-state index contributed by atoms with van der Waals surface area (Å²) >= 11 is 1.78. The van der Waals surface area contributed by atoms with E-state index in [1.165, 1.54) is 11.0 Å². The number of ether oxygens (including phenoxy) is 1. The monoisotopic (exact) mass is 488 g/mol. The van der Waals surface area contributed by atoms with Crippen LogP contribution in [0.3, 0.4) is 0 Å². The summed E-state index contributed by atoms with van der Waals surface area (Å²) < 4.78 is 6.73. The van der Waals surface area contributed by atoms with E-state index in [2.05, 4.69) is 38.7 Å². The van der Waals surface area contributed by atoms with Gasteiger partial charge in [-0.2, -0.15) is 5.10 Å². The van der Waals surface area contributed by atoms with E-state index in [1.807, 2.05) is 18.3 Å². The van der Waals surface area contributed by atoms with E-state index >= 15 is 0 Å². The van der Waals surface area contributed by atoms with Gasteiger partial charge in [-0.3, -0.25) is 14.8 Å². The van der Waals surface area contributed by atoms with Crippen LogP contribution in [0, 0.1) is 5.92 Å². The van der Waals surface area contributed by atoms with E-state index < -0.39 is 0 Å². The molecule has 180 valence electrons. The van der Waals surface area contributed by atoms with Crippen molar-refractivity contribution < 1.29 is 9.53 Å². The molecule has 2 saturated heterocycles. The summed E-state index contributed by atoms with van der Waals surface area (Å²) in [5.41, 5.74) is 2.94. The van der Waals surface area contributed by atoms with Crippen LogP contribution in [0.2, 0.25) is 0 Å². The van der Waals surface area contributed by atoms with Gasteiger partial charge < -0.3 is 9.64 Å². The van der Waals surface area contributed by atoms with Gasteiger partial charge in [-0.1, -0.05) is 18.7 Å². The number of piperidine rings is 1. The molecule has 0 saturated carbocycles. The van der Waals surface area contributed by atoms with Crippen molar-refractivity contribution in [3.63, 3.8) is 0 Å². The molecule has 2 fully saturated rings. The van der Waals surface area contributed by atoms with Crippen molar-refractivity contribution >= 4 is 44.1 Å². The van der Waals surface area contributed by atoms with Gasteiger partial charge >= 0.3 is 0 Å². The number of ketones is 1. The fourth-order valence-corrected chi connectivity index (χ4v) is 6.23. The number of aromatic amines is 1. The number of H-pyrrole nitrogens is 1. The van der Waals surface area contributed by atoms with Crippen molar-refractivity contribution in [1.82, 2.24) is 25.1 Å². The number of carbonyl (C=O) groups is 1. The molecule has 4 aromatic rings. The third-order valence-corrected chi connectivity index (χ3v) is 8.12. The smallest absolute Gasteiger partial charge is 0.162 e. The topological polar surface area (TPSA) is 87.2 Å². The van der Waals surface area contributed by atoms with E-state index in [0.717, 1.165) is 83.9 Å². The maximum absolute atomic E-state index is 12.0. The Bertz CT molecular complexity index is 1380. The van der Waals surface area contributed by atoms with Gasteiger partial charge in [0.25, 0.3) is 0 Å². The minimum absolute atomic E-state index is 0.123. The number of morpholine rings is 1. The molecule has 2 aliphatic rings. The lowest BCUT2D eigenvalue weighted by Crippen LogP contribution is -2.36. The summed E-state index contributed by atoms with van der Waals surface area (Å²) in [6, 6.07) is 8.30. The van der Waals surface area contributed by atoms with Crippen molar-refractivity contribution in [3.05, 3.63) is 48.0 Å². The first-order valence-corrected chi connectivity index (χ1v) is 13.0. The molecule has 2 aliphatic heterocycles. The Labute approximate surface area is 207 Å². The number of fused-ring (bicyclic) bond motifs is 2. The molecule has 0 bridgehead atoms. The summed E-state index contributed by atoms with van der Waals surface area (Å²) in [6.07, 6.45) is 5.10. The highest BCUT2D eigenvalue weighted by Crippen LogP contribution is 2.36. The first kappa shape index (κ1) is 22.3. The van der Waals surface area contributed by atoms with Crippen molar-refractivity contribution in [1.29, 1.82) is 0 Å². The van der Waals surface area contributed by atoms with Crippen molar-refractivity contribution in [2.75, 3.05) is 44.3 Å². The number of nitrogens with zero attached hydrogens (tertiary/aromatic N) is 5. The highest BCUT2D eigenvalue weighted by molar-refractivity contribution is 7.19. The van der Waals surface area contributed by atoms with Gasteiger partial charge in [0.05, 0.1) is 35.1 Å². The quantitative estimate of drug-likeness (QED) is 0.410. The first-order chi connectivity index (χ1) is 17.2. The zero-order valence-electron chi connectivity index (χ0n) is 19.6. The molecule has 1 N–H and O–H groups in total. The lowest BCUT2D eigenvalue weighted by molar-refractivity contribution is -0.119. The van der Waals surface area contributed by atoms with E-state index in [4.69, 9.17) is 14.7 Å². The summed E-state index contributed by atoms with van der Waals surface area (Å²) in [4.78, 5) is 28.1. The number of hydrogen-bond donors (Lipinski definition) is 1. The lowest BCUT2D eigenvalue weighted by Gasteiger charge is -2.30. The third-order valence-electron chi connectivity index (χ3n) is 7.01. The van der Waals surface area contributed by atoms with Crippen LogP contribution in [-0.4, -0.2) is 70.2 Å². The number of benzene rings is 1. The van der Waals surface area contributed by atoms with Gasteiger partial charge in [-0.05, 0) is 44.1 Å². The van der Waals surface area contributed by atoms with Crippen LogP contribution in [-0.2, 0) is 16.1 Å². The number of carbonyl (C=O) groups excluding carboxylic acids is 1. The van der Waals surface area contributed by atoms with Gasteiger partial charge in [0.2, 0.25) is 0 Å². The van der Waals surface area contributed by atoms with Crippen LogP contribution in [0.25, 0.3) is 32.5 Å². The molecule has 1 aromatic carbocycles. The maximum atomic E-state index is 12.0. The number of allylic oxidation sites excluding steroid dienone is 1. The van der Waals surface area contributed by atoms with E-state index in [9.17, 15) is 4.79 Å². The van der Waals surface area contributed by atoms with E-state index in [0.29, 0.717) is 13.2 Å². The Hall–Kier alpha value is -3.14. The molecule has 3 aromatic heterocycles. The standard InChI is InChI=1S/C26H28N6O2S/c1-2-23(33)17-6-8-31(9-7-17)16-18-14-22-24(35-18)26(32-10-12-34-13-11-32)29-25(28-22)19-4-3-5-21-20(19)15-27-30-21/h2-5,14-15,17H,1,6-13,16H2,(H,27,30). The number of hydrogen-bond acceptors (Lipinski definition) is 8. The van der Waals surface area contributed by atoms with Gasteiger partial charge in [0, 0.05) is 41.4 Å². The van der Waals surface area contributed by atoms with Crippen molar-refractivity contribution in [3.8, 4) is 11.4 Å². The Morgan fingerprint density at radius 3 is 2.83 bits per heavy atom.